The van der Waals surface area contributed by atoms with E-state index < -0.39 is 15.9 Å². The van der Waals surface area contributed by atoms with Crippen LogP contribution in [0.5, 0.6) is 0 Å². The van der Waals surface area contributed by atoms with Crippen molar-refractivity contribution in [1.82, 2.24) is 19.1 Å². The van der Waals surface area contributed by atoms with Crippen LogP contribution in [0.2, 0.25) is 0 Å². The highest BCUT2D eigenvalue weighted by Gasteiger charge is 2.33. The molecule has 1 atom stereocenters. The quantitative estimate of drug-likeness (QED) is 0.429. The van der Waals surface area contributed by atoms with E-state index in [1.54, 1.807) is 35.0 Å². The molecule has 3 heterocycles. The van der Waals surface area contributed by atoms with Gasteiger partial charge in [-0.25, -0.2) is 13.4 Å². The lowest BCUT2D eigenvalue weighted by molar-refractivity contribution is -0.120. The zero-order valence-electron chi connectivity index (χ0n) is 19.9. The standard InChI is InChI=1S/C25H27N5O3S2/c1-16-12-17(2)23-21(13-16)34-25(27-23)30-22(14-18(3)28-30)26-24(31)19-8-7-11-29(15-19)35(32,33)20-9-5-4-6-10-20/h4-6,9-10,12-14,19H,7-8,11,15H2,1-3H3,(H,26,31). The summed E-state index contributed by atoms with van der Waals surface area (Å²) in [7, 11) is -3.64. The number of fused-ring (bicyclic) bond motifs is 1. The number of sulfonamides is 1. The molecule has 0 bridgehead atoms. The Morgan fingerprint density at radius 2 is 1.89 bits per heavy atom. The topological polar surface area (TPSA) is 97.2 Å². The second kappa shape index (κ2) is 9.18. The number of nitrogens with zero attached hydrogens (tertiary/aromatic N) is 4. The van der Waals surface area contributed by atoms with Crippen molar-refractivity contribution in [2.45, 2.75) is 38.5 Å². The van der Waals surface area contributed by atoms with E-state index in [0.29, 0.717) is 30.3 Å². The normalized spacial score (nSPS) is 17.1. The summed E-state index contributed by atoms with van der Waals surface area (Å²) in [6.07, 6.45) is 1.25. The maximum absolute atomic E-state index is 13.2. The van der Waals surface area contributed by atoms with Crippen LogP contribution < -0.4 is 5.32 Å². The largest absolute Gasteiger partial charge is 0.310 e. The van der Waals surface area contributed by atoms with Gasteiger partial charge in [-0.1, -0.05) is 35.6 Å². The van der Waals surface area contributed by atoms with Crippen LogP contribution in [0.1, 0.15) is 29.7 Å². The van der Waals surface area contributed by atoms with Crippen molar-refractivity contribution >= 4 is 43.3 Å². The fourth-order valence-corrected chi connectivity index (χ4v) is 7.18. The molecule has 0 radical (unpaired) electrons. The fraction of sp³-hybridized carbons (Fsp3) is 0.320. The minimum absolute atomic E-state index is 0.149. The Kier molecular flexibility index (Phi) is 6.20. The summed E-state index contributed by atoms with van der Waals surface area (Å²) in [4.78, 5) is 18.3. The van der Waals surface area contributed by atoms with Crippen LogP contribution in [0.15, 0.2) is 53.4 Å². The monoisotopic (exact) mass is 509 g/mol. The van der Waals surface area contributed by atoms with Crippen LogP contribution in [0.25, 0.3) is 15.3 Å². The molecule has 35 heavy (non-hydrogen) atoms. The van der Waals surface area contributed by atoms with Crippen molar-refractivity contribution in [3.8, 4) is 5.13 Å². The summed E-state index contributed by atoms with van der Waals surface area (Å²) in [6.45, 7) is 6.51. The first-order valence-electron chi connectivity index (χ1n) is 11.5. The van der Waals surface area contributed by atoms with Gasteiger partial charge in [0.25, 0.3) is 0 Å². The molecular formula is C25H27N5O3S2. The fourth-order valence-electron chi connectivity index (χ4n) is 4.53. The summed E-state index contributed by atoms with van der Waals surface area (Å²) in [5, 5.41) is 8.23. The van der Waals surface area contributed by atoms with Crippen LogP contribution in [0.4, 0.5) is 5.82 Å². The summed E-state index contributed by atoms with van der Waals surface area (Å²) in [5.41, 5.74) is 3.95. The predicted octanol–water partition coefficient (Wildman–Crippen LogP) is 4.45. The van der Waals surface area contributed by atoms with Crippen LogP contribution in [-0.2, 0) is 14.8 Å². The Balaban J connectivity index is 1.38. The van der Waals surface area contributed by atoms with Crippen molar-refractivity contribution in [2.75, 3.05) is 18.4 Å². The molecule has 1 saturated heterocycles. The number of nitrogens with one attached hydrogen (secondary N) is 1. The number of hydrogen-bond donors (Lipinski definition) is 1. The molecule has 1 unspecified atom stereocenters. The number of aromatic nitrogens is 3. The summed E-state index contributed by atoms with van der Waals surface area (Å²) >= 11 is 1.52. The Labute approximate surface area is 208 Å². The smallest absolute Gasteiger partial charge is 0.243 e. The van der Waals surface area contributed by atoms with Gasteiger partial charge >= 0.3 is 0 Å². The molecule has 5 rings (SSSR count). The number of amides is 1. The first kappa shape index (κ1) is 23.7. The molecule has 0 spiro atoms. The van der Waals surface area contributed by atoms with E-state index in [4.69, 9.17) is 4.98 Å². The van der Waals surface area contributed by atoms with E-state index in [1.807, 2.05) is 19.9 Å². The van der Waals surface area contributed by atoms with Crippen LogP contribution in [-0.4, -0.2) is 46.5 Å². The molecule has 182 valence electrons. The number of hydrogen-bond acceptors (Lipinski definition) is 6. The molecule has 4 aromatic rings. The third-order valence-electron chi connectivity index (χ3n) is 6.22. The van der Waals surface area contributed by atoms with Crippen molar-refractivity contribution in [3.05, 3.63) is 65.4 Å². The molecule has 1 fully saturated rings. The summed E-state index contributed by atoms with van der Waals surface area (Å²) in [6, 6.07) is 14.4. The first-order valence-corrected chi connectivity index (χ1v) is 13.8. The first-order chi connectivity index (χ1) is 16.7. The van der Waals surface area contributed by atoms with Crippen LogP contribution in [0.3, 0.4) is 0 Å². The highest BCUT2D eigenvalue weighted by Crippen LogP contribution is 2.31. The zero-order valence-corrected chi connectivity index (χ0v) is 21.5. The number of carbonyl (C=O) groups excluding carboxylic acids is 1. The van der Waals surface area contributed by atoms with E-state index in [1.165, 1.54) is 21.2 Å². The lowest BCUT2D eigenvalue weighted by atomic mass is 9.99. The number of piperidine rings is 1. The number of benzene rings is 2. The van der Waals surface area contributed by atoms with E-state index in [-0.39, 0.29) is 17.3 Å². The van der Waals surface area contributed by atoms with Gasteiger partial charge in [0.2, 0.25) is 21.1 Å². The number of thiazole rings is 1. The van der Waals surface area contributed by atoms with Gasteiger partial charge in [0, 0.05) is 19.2 Å². The van der Waals surface area contributed by atoms with Gasteiger partial charge in [-0.15, -0.1) is 0 Å². The van der Waals surface area contributed by atoms with Crippen molar-refractivity contribution < 1.29 is 13.2 Å². The van der Waals surface area contributed by atoms with E-state index >= 15 is 0 Å². The van der Waals surface area contributed by atoms with Gasteiger partial charge in [0.1, 0.15) is 5.82 Å². The van der Waals surface area contributed by atoms with E-state index in [9.17, 15) is 13.2 Å². The SMILES string of the molecule is Cc1cc(C)c2nc(-n3nc(C)cc3NC(=O)C3CCCN(S(=O)(=O)c4ccccc4)C3)sc2c1. The van der Waals surface area contributed by atoms with E-state index in [2.05, 4.69) is 29.5 Å². The molecule has 1 aliphatic rings. The van der Waals surface area contributed by atoms with Gasteiger partial charge in [-0.2, -0.15) is 14.1 Å². The minimum Gasteiger partial charge on any atom is -0.310 e. The van der Waals surface area contributed by atoms with Gasteiger partial charge in [-0.05, 0) is 62.9 Å². The molecular weight excluding hydrogens is 482 g/mol. The van der Waals surface area contributed by atoms with Crippen molar-refractivity contribution in [3.63, 3.8) is 0 Å². The molecule has 1 N–H and O–H groups in total. The molecule has 1 amide bonds. The second-order valence-electron chi connectivity index (χ2n) is 9.01. The lowest BCUT2D eigenvalue weighted by Crippen LogP contribution is -2.43. The average molecular weight is 510 g/mol. The molecule has 10 heteroatoms. The average Bonchev–Trinajstić information content (AvgIpc) is 3.42. The van der Waals surface area contributed by atoms with Crippen LogP contribution >= 0.6 is 11.3 Å². The van der Waals surface area contributed by atoms with Crippen LogP contribution in [0, 0.1) is 26.7 Å². The van der Waals surface area contributed by atoms with Gasteiger partial charge < -0.3 is 5.32 Å². The van der Waals surface area contributed by atoms with Gasteiger partial charge in [-0.3, -0.25) is 4.79 Å². The summed E-state index contributed by atoms with van der Waals surface area (Å²) < 4.78 is 30.3. The maximum Gasteiger partial charge on any atom is 0.243 e. The zero-order chi connectivity index (χ0) is 24.7. The molecule has 2 aromatic heterocycles. The third-order valence-corrected chi connectivity index (χ3v) is 9.08. The number of carbonyl (C=O) groups is 1. The lowest BCUT2D eigenvalue weighted by Gasteiger charge is -2.31. The predicted molar refractivity (Wildman–Crippen MR) is 138 cm³/mol. The van der Waals surface area contributed by atoms with Crippen molar-refractivity contribution in [2.24, 2.45) is 5.92 Å². The Hall–Kier alpha value is -3.08. The maximum atomic E-state index is 13.2. The molecule has 0 saturated carbocycles. The molecule has 1 aliphatic heterocycles. The second-order valence-corrected chi connectivity index (χ2v) is 12.0. The third kappa shape index (κ3) is 4.61. The Morgan fingerprint density at radius 1 is 1.11 bits per heavy atom. The highest BCUT2D eigenvalue weighted by molar-refractivity contribution is 7.89. The Morgan fingerprint density at radius 3 is 2.66 bits per heavy atom. The van der Waals surface area contributed by atoms with Crippen molar-refractivity contribution in [1.29, 1.82) is 0 Å². The van der Waals surface area contributed by atoms with E-state index in [0.717, 1.165) is 21.5 Å². The van der Waals surface area contributed by atoms with Gasteiger partial charge in [0.05, 0.1) is 26.7 Å². The number of rotatable bonds is 5. The number of anilines is 1. The Bertz CT molecular complexity index is 1510. The van der Waals surface area contributed by atoms with Gasteiger partial charge in [0.15, 0.2) is 0 Å². The molecule has 0 aliphatic carbocycles. The molecule has 8 nitrogen and oxygen atoms in total. The minimum atomic E-state index is -3.64. The molecule has 2 aromatic carbocycles. The number of aryl methyl sites for hydroxylation is 3. The summed E-state index contributed by atoms with van der Waals surface area (Å²) in [5.74, 6) is -0.137. The highest BCUT2D eigenvalue weighted by atomic mass is 32.2.